The average molecular weight is 266 g/mol. The molecule has 5 fully saturated rings. The number of epoxide rings is 1. The van der Waals surface area contributed by atoms with Gasteiger partial charge in [0, 0.05) is 11.3 Å². The van der Waals surface area contributed by atoms with E-state index in [-0.39, 0.29) is 18.0 Å². The first-order valence-corrected chi connectivity index (χ1v) is 7.90. The van der Waals surface area contributed by atoms with Crippen molar-refractivity contribution >= 4 is 0 Å². The van der Waals surface area contributed by atoms with Crippen LogP contribution in [0.25, 0.3) is 0 Å². The van der Waals surface area contributed by atoms with Crippen molar-refractivity contribution in [2.75, 3.05) is 6.61 Å². The molecule has 7 atom stereocenters. The summed E-state index contributed by atoms with van der Waals surface area (Å²) in [6, 6.07) is 0. The fraction of sp³-hybridized carbons (Fsp3) is 1.00. The van der Waals surface area contributed by atoms with Crippen LogP contribution in [0.1, 0.15) is 44.9 Å². The van der Waals surface area contributed by atoms with Crippen molar-refractivity contribution < 1.29 is 18.9 Å². The third-order valence-electron chi connectivity index (χ3n) is 5.87. The molecule has 0 aromatic carbocycles. The van der Waals surface area contributed by atoms with Gasteiger partial charge in [-0.15, -0.1) is 0 Å². The fourth-order valence-corrected chi connectivity index (χ4v) is 4.70. The van der Waals surface area contributed by atoms with Gasteiger partial charge in [0.1, 0.15) is 0 Å². The van der Waals surface area contributed by atoms with Crippen molar-refractivity contribution in [3.63, 3.8) is 0 Å². The molecule has 3 aliphatic heterocycles. The van der Waals surface area contributed by atoms with Crippen molar-refractivity contribution in [1.29, 1.82) is 0 Å². The number of fused-ring (bicyclic) bond motifs is 2. The molecule has 0 aromatic heterocycles. The Morgan fingerprint density at radius 2 is 1.95 bits per heavy atom. The molecular weight excluding hydrogens is 244 g/mol. The van der Waals surface area contributed by atoms with E-state index < -0.39 is 0 Å². The van der Waals surface area contributed by atoms with E-state index in [0.29, 0.717) is 24.2 Å². The van der Waals surface area contributed by atoms with Crippen molar-refractivity contribution in [2.45, 2.75) is 75.8 Å². The second kappa shape index (κ2) is 3.94. The smallest absolute Gasteiger partial charge is 0.168 e. The average Bonchev–Trinajstić information content (AvgIpc) is 3.15. The zero-order valence-electron chi connectivity index (χ0n) is 11.3. The molecule has 0 aromatic rings. The molecule has 2 aliphatic carbocycles. The van der Waals surface area contributed by atoms with E-state index in [1.807, 2.05) is 0 Å². The lowest BCUT2D eigenvalue weighted by Crippen LogP contribution is -2.49. The second-order valence-electron chi connectivity index (χ2n) is 7.15. The summed E-state index contributed by atoms with van der Waals surface area (Å²) in [5.74, 6) is 0.505. The van der Waals surface area contributed by atoms with Crippen LogP contribution in [0.3, 0.4) is 0 Å². The summed E-state index contributed by atoms with van der Waals surface area (Å²) < 4.78 is 24.1. The SMILES string of the molecule is C1CC2CC3(C1)COC(C1CCC4OC4C1)OC3O2. The summed E-state index contributed by atoms with van der Waals surface area (Å²) in [4.78, 5) is 0. The highest BCUT2D eigenvalue weighted by Crippen LogP contribution is 2.52. The minimum absolute atomic E-state index is 0.00315. The Morgan fingerprint density at radius 3 is 2.89 bits per heavy atom. The number of rotatable bonds is 1. The molecule has 106 valence electrons. The molecular formula is C15H22O4. The zero-order chi connectivity index (χ0) is 12.4. The predicted octanol–water partition coefficient (Wildman–Crippen LogP) is 2.21. The highest BCUT2D eigenvalue weighted by Gasteiger charge is 2.56. The van der Waals surface area contributed by atoms with Gasteiger partial charge in [-0.25, -0.2) is 0 Å². The third-order valence-corrected chi connectivity index (χ3v) is 5.87. The molecule has 5 aliphatic rings. The summed E-state index contributed by atoms with van der Waals surface area (Å²) in [7, 11) is 0. The van der Waals surface area contributed by atoms with Crippen LogP contribution in [-0.2, 0) is 18.9 Å². The molecule has 19 heavy (non-hydrogen) atoms. The lowest BCUT2D eigenvalue weighted by atomic mass is 9.74. The van der Waals surface area contributed by atoms with Crippen LogP contribution in [0.2, 0.25) is 0 Å². The Labute approximate surface area is 113 Å². The maximum atomic E-state index is 6.22. The van der Waals surface area contributed by atoms with Crippen LogP contribution in [0.15, 0.2) is 0 Å². The normalized spacial score (nSPS) is 59.4. The molecule has 1 spiro atoms. The minimum atomic E-state index is -0.0554. The third kappa shape index (κ3) is 1.73. The minimum Gasteiger partial charge on any atom is -0.370 e. The molecule has 4 nitrogen and oxygen atoms in total. The van der Waals surface area contributed by atoms with Crippen LogP contribution in [-0.4, -0.2) is 37.5 Å². The lowest BCUT2D eigenvalue weighted by molar-refractivity contribution is -0.330. The molecule has 7 unspecified atom stereocenters. The van der Waals surface area contributed by atoms with E-state index in [0.717, 1.165) is 19.4 Å². The van der Waals surface area contributed by atoms with Gasteiger partial charge in [0.05, 0.1) is 24.9 Å². The monoisotopic (exact) mass is 266 g/mol. The van der Waals surface area contributed by atoms with Gasteiger partial charge in [-0.05, 0) is 38.5 Å². The first kappa shape index (κ1) is 11.5. The van der Waals surface area contributed by atoms with Gasteiger partial charge >= 0.3 is 0 Å². The van der Waals surface area contributed by atoms with Crippen molar-refractivity contribution in [3.8, 4) is 0 Å². The van der Waals surface area contributed by atoms with Gasteiger partial charge in [0.2, 0.25) is 0 Å². The van der Waals surface area contributed by atoms with E-state index in [4.69, 9.17) is 18.9 Å². The van der Waals surface area contributed by atoms with Gasteiger partial charge in [0.25, 0.3) is 0 Å². The van der Waals surface area contributed by atoms with Gasteiger partial charge in [-0.3, -0.25) is 0 Å². The quantitative estimate of drug-likeness (QED) is 0.682. The van der Waals surface area contributed by atoms with E-state index >= 15 is 0 Å². The molecule has 0 amide bonds. The largest absolute Gasteiger partial charge is 0.370 e. The number of hydrogen-bond acceptors (Lipinski definition) is 4. The Morgan fingerprint density at radius 1 is 0.947 bits per heavy atom. The van der Waals surface area contributed by atoms with E-state index in [1.165, 1.54) is 32.1 Å². The van der Waals surface area contributed by atoms with Crippen LogP contribution < -0.4 is 0 Å². The van der Waals surface area contributed by atoms with Crippen LogP contribution in [0, 0.1) is 11.3 Å². The summed E-state index contributed by atoms with van der Waals surface area (Å²) in [5.41, 5.74) is 0.173. The lowest BCUT2D eigenvalue weighted by Gasteiger charge is -2.43. The summed E-state index contributed by atoms with van der Waals surface area (Å²) in [5, 5.41) is 0. The van der Waals surface area contributed by atoms with Crippen molar-refractivity contribution in [2.24, 2.45) is 11.3 Å². The zero-order valence-corrected chi connectivity index (χ0v) is 11.3. The van der Waals surface area contributed by atoms with Crippen LogP contribution >= 0.6 is 0 Å². The van der Waals surface area contributed by atoms with Crippen molar-refractivity contribution in [3.05, 3.63) is 0 Å². The first-order valence-electron chi connectivity index (χ1n) is 7.90. The molecule has 3 heterocycles. The predicted molar refractivity (Wildman–Crippen MR) is 66.4 cm³/mol. The Kier molecular flexibility index (Phi) is 2.38. The van der Waals surface area contributed by atoms with Gasteiger partial charge < -0.3 is 18.9 Å². The fourth-order valence-electron chi connectivity index (χ4n) is 4.70. The molecule has 0 N–H and O–H groups in total. The Balaban J connectivity index is 1.30. The topological polar surface area (TPSA) is 40.2 Å². The van der Waals surface area contributed by atoms with Gasteiger partial charge in [-0.1, -0.05) is 6.42 Å². The standard InChI is InChI=1S/C15H22O4/c1-2-10-7-15(5-1)8-16-13(19-14(15)17-10)9-3-4-11-12(6-9)18-11/h9-14H,1-8H2. The second-order valence-corrected chi connectivity index (χ2v) is 7.15. The van der Waals surface area contributed by atoms with E-state index in [1.54, 1.807) is 0 Å². The molecule has 2 saturated carbocycles. The molecule has 5 rings (SSSR count). The van der Waals surface area contributed by atoms with Gasteiger partial charge in [-0.2, -0.15) is 0 Å². The number of hydrogen-bond donors (Lipinski definition) is 0. The molecule has 2 bridgehead atoms. The highest BCUT2D eigenvalue weighted by molar-refractivity contribution is 4.99. The summed E-state index contributed by atoms with van der Waals surface area (Å²) in [6.07, 6.45) is 9.68. The maximum absolute atomic E-state index is 6.22. The van der Waals surface area contributed by atoms with E-state index in [2.05, 4.69) is 0 Å². The van der Waals surface area contributed by atoms with Gasteiger partial charge in [0.15, 0.2) is 12.6 Å². The number of ether oxygens (including phenoxy) is 4. The van der Waals surface area contributed by atoms with E-state index in [9.17, 15) is 0 Å². The molecule has 0 radical (unpaired) electrons. The molecule has 4 heteroatoms. The highest BCUT2D eigenvalue weighted by atomic mass is 16.8. The van der Waals surface area contributed by atoms with Crippen LogP contribution in [0.5, 0.6) is 0 Å². The summed E-state index contributed by atoms with van der Waals surface area (Å²) in [6.45, 7) is 0.838. The first-order chi connectivity index (χ1) is 9.32. The Hall–Kier alpha value is -0.160. The Bertz CT molecular complexity index is 386. The summed E-state index contributed by atoms with van der Waals surface area (Å²) >= 11 is 0. The van der Waals surface area contributed by atoms with Crippen molar-refractivity contribution in [1.82, 2.24) is 0 Å². The molecule has 3 saturated heterocycles. The van der Waals surface area contributed by atoms with Crippen LogP contribution in [0.4, 0.5) is 0 Å². The maximum Gasteiger partial charge on any atom is 0.168 e.